The summed E-state index contributed by atoms with van der Waals surface area (Å²) in [6.45, 7) is 9.08. The van der Waals surface area contributed by atoms with E-state index in [-0.39, 0.29) is 24.4 Å². The molecule has 1 fully saturated rings. The molecule has 1 aromatic heterocycles. The number of piperazine rings is 1. The van der Waals surface area contributed by atoms with Crippen LogP contribution in [0.3, 0.4) is 0 Å². The molecule has 0 saturated carbocycles. The maximum atomic E-state index is 12.8. The number of aromatic nitrogens is 2. The zero-order valence-electron chi connectivity index (χ0n) is 17.2. The van der Waals surface area contributed by atoms with E-state index in [4.69, 9.17) is 4.74 Å². The van der Waals surface area contributed by atoms with Crippen LogP contribution in [0.15, 0.2) is 24.3 Å². The Bertz CT molecular complexity index is 890. The summed E-state index contributed by atoms with van der Waals surface area (Å²) in [7, 11) is 1.60. The third kappa shape index (κ3) is 3.88. The number of rotatable bonds is 5. The number of hydrogen-bond acceptors (Lipinski definition) is 4. The largest absolute Gasteiger partial charge is 0.497 e. The van der Waals surface area contributed by atoms with E-state index in [1.807, 2.05) is 56.6 Å². The minimum atomic E-state index is -0.0818. The Morgan fingerprint density at radius 3 is 2.68 bits per heavy atom. The lowest BCUT2D eigenvalue weighted by Gasteiger charge is -2.39. The van der Waals surface area contributed by atoms with E-state index in [9.17, 15) is 9.59 Å². The first-order valence-corrected chi connectivity index (χ1v) is 9.56. The molecule has 1 aliphatic heterocycles. The van der Waals surface area contributed by atoms with Crippen LogP contribution >= 0.6 is 0 Å². The molecule has 2 aromatic rings. The maximum Gasteiger partial charge on any atom is 0.246 e. The van der Waals surface area contributed by atoms with Gasteiger partial charge in [0.05, 0.1) is 12.8 Å². The minimum absolute atomic E-state index is 0.0173. The first-order chi connectivity index (χ1) is 13.3. The van der Waals surface area contributed by atoms with Crippen molar-refractivity contribution in [3.05, 3.63) is 41.2 Å². The average Bonchev–Trinajstić information content (AvgIpc) is 2.94. The Balaban J connectivity index is 1.65. The molecule has 2 amide bonds. The van der Waals surface area contributed by atoms with E-state index in [1.165, 1.54) is 0 Å². The summed E-state index contributed by atoms with van der Waals surface area (Å²) in [4.78, 5) is 28.9. The van der Waals surface area contributed by atoms with Gasteiger partial charge in [0.1, 0.15) is 12.3 Å². The highest BCUT2D eigenvalue weighted by molar-refractivity contribution is 5.98. The number of nitrogens with zero attached hydrogens (tertiary/aromatic N) is 4. The molecule has 1 aliphatic rings. The molecule has 2 heterocycles. The molecule has 0 spiro atoms. The quantitative estimate of drug-likeness (QED) is 0.794. The van der Waals surface area contributed by atoms with Crippen LogP contribution in [-0.4, -0.2) is 52.7 Å². The van der Waals surface area contributed by atoms with E-state index in [1.54, 1.807) is 16.9 Å². The van der Waals surface area contributed by atoms with Crippen molar-refractivity contribution in [2.24, 2.45) is 0 Å². The summed E-state index contributed by atoms with van der Waals surface area (Å²) in [5, 5.41) is 4.49. The fraction of sp³-hybridized carbons (Fsp3) is 0.476. The highest BCUT2D eigenvalue weighted by Gasteiger charge is 2.33. The zero-order chi connectivity index (χ0) is 20.4. The summed E-state index contributed by atoms with van der Waals surface area (Å²) in [5.41, 5.74) is 4.02. The lowest BCUT2D eigenvalue weighted by molar-refractivity contribution is -0.139. The fourth-order valence-electron chi connectivity index (χ4n) is 3.56. The maximum absolute atomic E-state index is 12.8. The van der Waals surface area contributed by atoms with Gasteiger partial charge in [0.15, 0.2) is 0 Å². The van der Waals surface area contributed by atoms with Crippen molar-refractivity contribution in [2.45, 2.75) is 46.7 Å². The Morgan fingerprint density at radius 1 is 1.29 bits per heavy atom. The molecule has 0 radical (unpaired) electrons. The standard InChI is InChI=1S/C21H28N4O3/c1-14-12-24(18-7-6-8-19(11-18)28-5)21(27)13-23(14)20(26)9-10-25-17(4)15(2)16(3)22-25/h6-8,11,14H,9-10,12-13H2,1-5H3/t14-/m1/s1. The van der Waals surface area contributed by atoms with Crippen LogP contribution in [0.4, 0.5) is 5.69 Å². The Labute approximate surface area is 165 Å². The predicted octanol–water partition coefficient (Wildman–Crippen LogP) is 2.47. The van der Waals surface area contributed by atoms with E-state index in [0.29, 0.717) is 25.3 Å². The van der Waals surface area contributed by atoms with Gasteiger partial charge in [0.2, 0.25) is 11.8 Å². The molecule has 150 valence electrons. The number of aryl methyl sites for hydroxylation is 2. The van der Waals surface area contributed by atoms with Crippen LogP contribution in [0.25, 0.3) is 0 Å². The number of amides is 2. The average molecular weight is 384 g/mol. The fourth-order valence-corrected chi connectivity index (χ4v) is 3.56. The number of anilines is 1. The van der Waals surface area contributed by atoms with Crippen molar-refractivity contribution in [3.8, 4) is 5.75 Å². The summed E-state index contributed by atoms with van der Waals surface area (Å²) in [6.07, 6.45) is 0.332. The van der Waals surface area contributed by atoms with Gasteiger partial charge in [-0.3, -0.25) is 14.3 Å². The number of carbonyl (C=O) groups is 2. The topological polar surface area (TPSA) is 67.7 Å². The molecule has 1 atom stereocenters. The van der Waals surface area contributed by atoms with Crippen LogP contribution < -0.4 is 9.64 Å². The van der Waals surface area contributed by atoms with Crippen LogP contribution in [0.5, 0.6) is 5.75 Å². The first-order valence-electron chi connectivity index (χ1n) is 9.56. The molecule has 7 heteroatoms. The molecule has 7 nitrogen and oxygen atoms in total. The first kappa shape index (κ1) is 19.9. The van der Waals surface area contributed by atoms with Crippen molar-refractivity contribution in [1.82, 2.24) is 14.7 Å². The molecular weight excluding hydrogens is 356 g/mol. The third-order valence-electron chi connectivity index (χ3n) is 5.55. The molecule has 0 unspecified atom stereocenters. The Hall–Kier alpha value is -2.83. The van der Waals surface area contributed by atoms with Crippen LogP contribution in [0.2, 0.25) is 0 Å². The Morgan fingerprint density at radius 2 is 2.04 bits per heavy atom. The summed E-state index contributed by atoms with van der Waals surface area (Å²) >= 11 is 0. The van der Waals surface area contributed by atoms with E-state index >= 15 is 0 Å². The number of hydrogen-bond donors (Lipinski definition) is 0. The molecule has 0 bridgehead atoms. The zero-order valence-corrected chi connectivity index (χ0v) is 17.2. The monoisotopic (exact) mass is 384 g/mol. The minimum Gasteiger partial charge on any atom is -0.497 e. The van der Waals surface area contributed by atoms with Gasteiger partial charge in [0, 0.05) is 43.0 Å². The van der Waals surface area contributed by atoms with Crippen molar-refractivity contribution < 1.29 is 14.3 Å². The van der Waals surface area contributed by atoms with Crippen LogP contribution in [0, 0.1) is 20.8 Å². The normalized spacial score (nSPS) is 17.2. The third-order valence-corrected chi connectivity index (χ3v) is 5.55. The molecule has 3 rings (SSSR count). The van der Waals surface area contributed by atoms with Crippen molar-refractivity contribution in [3.63, 3.8) is 0 Å². The van der Waals surface area contributed by atoms with E-state index in [0.717, 1.165) is 22.6 Å². The summed E-state index contributed by atoms with van der Waals surface area (Å²) in [6, 6.07) is 7.37. The van der Waals surface area contributed by atoms with Gasteiger partial charge in [-0.2, -0.15) is 5.10 Å². The highest BCUT2D eigenvalue weighted by Crippen LogP contribution is 2.24. The summed E-state index contributed by atoms with van der Waals surface area (Å²) in [5.74, 6) is 0.606. The van der Waals surface area contributed by atoms with Gasteiger partial charge in [-0.1, -0.05) is 6.07 Å². The van der Waals surface area contributed by atoms with Crippen molar-refractivity contribution in [1.29, 1.82) is 0 Å². The highest BCUT2D eigenvalue weighted by atomic mass is 16.5. The van der Waals surface area contributed by atoms with Gasteiger partial charge in [-0.25, -0.2) is 0 Å². The van der Waals surface area contributed by atoms with Gasteiger partial charge in [0.25, 0.3) is 0 Å². The SMILES string of the molecule is COc1cccc(N2C[C@@H](C)N(C(=O)CCn3nc(C)c(C)c3C)CC2=O)c1. The van der Waals surface area contributed by atoms with Gasteiger partial charge < -0.3 is 14.5 Å². The van der Waals surface area contributed by atoms with E-state index < -0.39 is 0 Å². The lowest BCUT2D eigenvalue weighted by Crippen LogP contribution is -2.57. The van der Waals surface area contributed by atoms with Crippen LogP contribution in [0.1, 0.15) is 30.3 Å². The van der Waals surface area contributed by atoms with Gasteiger partial charge in [-0.15, -0.1) is 0 Å². The Kier molecular flexibility index (Phi) is 5.72. The summed E-state index contributed by atoms with van der Waals surface area (Å²) < 4.78 is 7.13. The molecular formula is C21H28N4O3. The van der Waals surface area contributed by atoms with E-state index in [2.05, 4.69) is 5.10 Å². The van der Waals surface area contributed by atoms with Crippen LogP contribution in [-0.2, 0) is 16.1 Å². The number of ether oxygens (including phenoxy) is 1. The van der Waals surface area contributed by atoms with Crippen molar-refractivity contribution >= 4 is 17.5 Å². The van der Waals surface area contributed by atoms with Crippen molar-refractivity contribution in [2.75, 3.05) is 25.1 Å². The number of benzene rings is 1. The second-order valence-corrected chi connectivity index (χ2v) is 7.35. The molecule has 1 saturated heterocycles. The molecule has 28 heavy (non-hydrogen) atoms. The second kappa shape index (κ2) is 8.04. The molecule has 0 N–H and O–H groups in total. The van der Waals surface area contributed by atoms with Gasteiger partial charge >= 0.3 is 0 Å². The predicted molar refractivity (Wildman–Crippen MR) is 108 cm³/mol. The number of methoxy groups -OCH3 is 1. The second-order valence-electron chi connectivity index (χ2n) is 7.35. The lowest BCUT2D eigenvalue weighted by atomic mass is 10.1. The van der Waals surface area contributed by atoms with Gasteiger partial charge in [-0.05, 0) is 45.4 Å². The smallest absolute Gasteiger partial charge is 0.246 e. The molecule has 0 aliphatic carbocycles. The number of carbonyl (C=O) groups excluding carboxylic acids is 2. The molecule has 1 aromatic carbocycles.